The minimum Gasteiger partial charge on any atom is -0.444 e. The number of nitrogens with zero attached hydrogens (tertiary/aromatic N) is 4. The van der Waals surface area contributed by atoms with Gasteiger partial charge in [0.25, 0.3) is 5.91 Å². The van der Waals surface area contributed by atoms with Gasteiger partial charge in [0.05, 0.1) is 18.8 Å². The molecule has 0 radical (unpaired) electrons. The van der Waals surface area contributed by atoms with Gasteiger partial charge in [-0.1, -0.05) is 19.1 Å². The molecule has 0 atom stereocenters. The molecule has 1 aromatic carbocycles. The zero-order valence-electron chi connectivity index (χ0n) is 25.8. The first kappa shape index (κ1) is 32.4. The topological polar surface area (TPSA) is 173 Å². The van der Waals surface area contributed by atoms with Crippen LogP contribution in [-0.4, -0.2) is 70.2 Å². The van der Waals surface area contributed by atoms with Crippen LogP contribution in [0.3, 0.4) is 0 Å². The van der Waals surface area contributed by atoms with Crippen molar-refractivity contribution in [1.82, 2.24) is 31.0 Å². The maximum Gasteiger partial charge on any atom is 0.408 e. The minimum absolute atomic E-state index is 0.132. The zero-order chi connectivity index (χ0) is 31.7. The fourth-order valence-electron chi connectivity index (χ4n) is 4.47. The molecular formula is C31H42N8O5. The summed E-state index contributed by atoms with van der Waals surface area (Å²) in [6.45, 7) is 8.27. The number of aliphatic imine (C=N–C) groups is 1. The number of amidine groups is 1. The second-order valence-electron chi connectivity index (χ2n) is 11.7. The lowest BCUT2D eigenvalue weighted by Gasteiger charge is -2.26. The van der Waals surface area contributed by atoms with Crippen molar-refractivity contribution in [3.05, 3.63) is 47.6 Å². The Kier molecular flexibility index (Phi) is 10.9. The molecule has 0 unspecified atom stereocenters. The Morgan fingerprint density at radius 3 is 2.50 bits per heavy atom. The highest BCUT2D eigenvalue weighted by Crippen LogP contribution is 2.31. The molecule has 1 aromatic heterocycles. The third kappa shape index (κ3) is 9.49. The number of hydrogen-bond acceptors (Lipinski definition) is 9. The first-order valence-corrected chi connectivity index (χ1v) is 15.0. The minimum atomic E-state index is -0.593. The Morgan fingerprint density at radius 1 is 1.09 bits per heavy atom. The maximum atomic E-state index is 13.5. The number of carbonyl (C=O) groups excluding carboxylic acids is 3. The molecule has 1 saturated carbocycles. The number of rotatable bonds is 11. The number of nitrogens with two attached hydrogens (primary N) is 1. The molecule has 1 aliphatic carbocycles. The summed E-state index contributed by atoms with van der Waals surface area (Å²) in [5.74, 6) is 0.435. The second kappa shape index (κ2) is 14.8. The van der Waals surface area contributed by atoms with Crippen molar-refractivity contribution < 1.29 is 24.0 Å². The third-order valence-corrected chi connectivity index (χ3v) is 6.83. The number of alkyl carbamates (subject to hydrolysis) is 1. The second-order valence-corrected chi connectivity index (χ2v) is 11.7. The molecule has 2 aromatic rings. The lowest BCUT2D eigenvalue weighted by molar-refractivity contribution is -0.181. The van der Waals surface area contributed by atoms with Crippen LogP contribution in [0.1, 0.15) is 71.2 Å². The fourth-order valence-corrected chi connectivity index (χ4v) is 4.47. The molecule has 236 valence electrons. The first-order chi connectivity index (χ1) is 21.0. The summed E-state index contributed by atoms with van der Waals surface area (Å²) in [7, 11) is 0. The number of hydrogen-bond donors (Lipinski definition) is 4. The Hall–Kier alpha value is -4.52. The Morgan fingerprint density at radius 2 is 1.84 bits per heavy atom. The molecule has 0 saturated heterocycles. The number of amides is 4. The monoisotopic (exact) mass is 606 g/mol. The van der Waals surface area contributed by atoms with Crippen LogP contribution in [0.4, 0.5) is 15.3 Å². The highest BCUT2D eigenvalue weighted by Gasteiger charge is 2.23. The van der Waals surface area contributed by atoms with E-state index in [-0.39, 0.29) is 44.1 Å². The number of carbonyl (C=O) groups is 3. The first-order valence-electron chi connectivity index (χ1n) is 15.0. The van der Waals surface area contributed by atoms with Crippen molar-refractivity contribution in [2.24, 2.45) is 10.7 Å². The lowest BCUT2D eigenvalue weighted by Crippen LogP contribution is -2.46. The molecule has 0 spiro atoms. The van der Waals surface area contributed by atoms with Crippen LogP contribution in [0.5, 0.6) is 0 Å². The number of benzene rings is 1. The van der Waals surface area contributed by atoms with Crippen LogP contribution >= 0.6 is 0 Å². The van der Waals surface area contributed by atoms with Gasteiger partial charge in [0.2, 0.25) is 0 Å². The smallest absolute Gasteiger partial charge is 0.408 e. The van der Waals surface area contributed by atoms with E-state index in [1.807, 2.05) is 25.1 Å². The van der Waals surface area contributed by atoms with Crippen LogP contribution in [-0.2, 0) is 20.9 Å². The number of aromatic nitrogens is 2. The van der Waals surface area contributed by atoms with Gasteiger partial charge in [-0.3, -0.25) is 9.63 Å². The average molecular weight is 607 g/mol. The van der Waals surface area contributed by atoms with Crippen LogP contribution < -0.4 is 21.7 Å². The van der Waals surface area contributed by atoms with Gasteiger partial charge in [0, 0.05) is 54.6 Å². The highest BCUT2D eigenvalue weighted by molar-refractivity contribution is 6.05. The number of urea groups is 1. The molecule has 13 nitrogen and oxygen atoms in total. The highest BCUT2D eigenvalue weighted by atomic mass is 16.7. The van der Waals surface area contributed by atoms with Gasteiger partial charge >= 0.3 is 12.1 Å². The number of hydroxylamine groups is 2. The van der Waals surface area contributed by atoms with E-state index in [1.165, 1.54) is 5.06 Å². The van der Waals surface area contributed by atoms with Gasteiger partial charge < -0.3 is 26.4 Å². The van der Waals surface area contributed by atoms with E-state index in [1.54, 1.807) is 39.2 Å². The summed E-state index contributed by atoms with van der Waals surface area (Å²) in [6, 6.07) is 5.65. The summed E-state index contributed by atoms with van der Waals surface area (Å²) < 4.78 is 5.24. The Balaban J connectivity index is 1.38. The summed E-state index contributed by atoms with van der Waals surface area (Å²) in [5.41, 5.74) is 9.03. The predicted molar refractivity (Wildman–Crippen MR) is 167 cm³/mol. The van der Waals surface area contributed by atoms with Gasteiger partial charge in [-0.2, -0.15) is 0 Å². The third-order valence-electron chi connectivity index (χ3n) is 6.83. The molecular weight excluding hydrogens is 564 g/mol. The Bertz CT molecular complexity index is 1400. The van der Waals surface area contributed by atoms with E-state index in [2.05, 4.69) is 30.9 Å². The molecule has 4 amide bonds. The van der Waals surface area contributed by atoms with Crippen molar-refractivity contribution in [3.8, 4) is 11.1 Å². The summed E-state index contributed by atoms with van der Waals surface area (Å²) in [6.07, 6.45) is 8.58. The predicted octanol–water partition coefficient (Wildman–Crippen LogP) is 3.97. The summed E-state index contributed by atoms with van der Waals surface area (Å²) >= 11 is 0. The quantitative estimate of drug-likeness (QED) is 0.220. The molecule has 1 fully saturated rings. The van der Waals surface area contributed by atoms with Crippen LogP contribution in [0.2, 0.25) is 0 Å². The Labute approximate surface area is 257 Å². The molecule has 1 aliphatic heterocycles. The van der Waals surface area contributed by atoms with Gasteiger partial charge in [-0.15, -0.1) is 0 Å². The van der Waals surface area contributed by atoms with E-state index < -0.39 is 11.7 Å². The van der Waals surface area contributed by atoms with Crippen molar-refractivity contribution in [3.63, 3.8) is 0 Å². The summed E-state index contributed by atoms with van der Waals surface area (Å²) in [4.78, 5) is 56.4. The molecule has 44 heavy (non-hydrogen) atoms. The SMILES string of the molecule is CCCN(OCCNC(=O)NC1CCC1)C(=O)C1=Cc2ccc(-c3cnc(CNC(=O)OC(C)(C)C)nc3)cc2N=C(N)C1. The van der Waals surface area contributed by atoms with Crippen LogP contribution in [0, 0.1) is 0 Å². The molecule has 2 heterocycles. The van der Waals surface area contributed by atoms with Crippen molar-refractivity contribution in [2.45, 2.75) is 78.0 Å². The molecule has 0 bridgehead atoms. The van der Waals surface area contributed by atoms with E-state index >= 15 is 0 Å². The molecule has 4 rings (SSSR count). The van der Waals surface area contributed by atoms with E-state index in [9.17, 15) is 14.4 Å². The van der Waals surface area contributed by atoms with Gasteiger partial charge in [0.15, 0.2) is 0 Å². The van der Waals surface area contributed by atoms with E-state index in [0.29, 0.717) is 35.9 Å². The normalized spacial score (nSPS) is 14.6. The number of fused-ring (bicyclic) bond motifs is 1. The van der Waals surface area contributed by atoms with Crippen molar-refractivity contribution in [2.75, 3.05) is 19.7 Å². The standard InChI is InChI=1S/C31H42N8O5/c1-5-12-39(43-13-11-33-29(41)37-24-7-6-8-24)28(40)22-14-21-10-9-20(15-25(21)38-26(32)16-22)23-17-34-27(35-18-23)19-36-30(42)44-31(2,3)4/h9-10,14-15,17-18,24H,5-8,11-13,16,19H2,1-4H3,(H2,32,38)(H,36,42)(H2,33,37,41). The lowest BCUT2D eigenvalue weighted by atomic mass is 9.93. The molecule has 2 aliphatic rings. The van der Waals surface area contributed by atoms with Crippen molar-refractivity contribution in [1.29, 1.82) is 0 Å². The molecule has 5 N–H and O–H groups in total. The van der Waals surface area contributed by atoms with E-state index in [4.69, 9.17) is 15.3 Å². The van der Waals surface area contributed by atoms with Crippen LogP contribution in [0.15, 0.2) is 41.2 Å². The van der Waals surface area contributed by atoms with Gasteiger partial charge in [-0.05, 0) is 64.2 Å². The van der Waals surface area contributed by atoms with Gasteiger partial charge in [-0.25, -0.2) is 29.6 Å². The average Bonchev–Trinajstić information content (AvgIpc) is 3.12. The molecule has 13 heteroatoms. The number of nitrogens with one attached hydrogen (secondary N) is 3. The van der Waals surface area contributed by atoms with Gasteiger partial charge in [0.1, 0.15) is 17.3 Å². The van der Waals surface area contributed by atoms with Crippen molar-refractivity contribution >= 4 is 35.6 Å². The van der Waals surface area contributed by atoms with Crippen LogP contribution in [0.25, 0.3) is 17.2 Å². The fraction of sp³-hybridized carbons (Fsp3) is 0.484. The largest absolute Gasteiger partial charge is 0.444 e. The maximum absolute atomic E-state index is 13.5. The summed E-state index contributed by atoms with van der Waals surface area (Å²) in [5, 5.41) is 9.64. The zero-order valence-corrected chi connectivity index (χ0v) is 25.8. The van der Waals surface area contributed by atoms with E-state index in [0.717, 1.165) is 36.0 Å². The number of ether oxygens (including phenoxy) is 1.